The van der Waals surface area contributed by atoms with E-state index in [0.29, 0.717) is 11.1 Å². The first-order valence-electron chi connectivity index (χ1n) is 45.8. The van der Waals surface area contributed by atoms with E-state index in [1.165, 1.54) is 121 Å². The molecular formula is C96H109O53+. The number of aliphatic hydroxyl groups is 24. The summed E-state index contributed by atoms with van der Waals surface area (Å²) in [6, 6.07) is 26.3. The number of aliphatic hydroxyl groups excluding tert-OH is 23. The van der Waals surface area contributed by atoms with Gasteiger partial charge in [-0.2, -0.15) is 0 Å². The Morgan fingerprint density at radius 2 is 0.557 bits per heavy atom. The second-order valence-corrected chi connectivity index (χ2v) is 35.0. The lowest BCUT2D eigenvalue weighted by Crippen LogP contribution is -2.60. The van der Waals surface area contributed by atoms with Crippen LogP contribution in [0.1, 0.15) is 45.9 Å². The number of ether oxygens (including phenoxy) is 20. The lowest BCUT2D eigenvalue weighted by atomic mass is 9.98. The van der Waals surface area contributed by atoms with Crippen LogP contribution in [0.25, 0.3) is 30.4 Å². The van der Waals surface area contributed by atoms with Gasteiger partial charge in [0.15, 0.2) is 17.3 Å². The molecular weight excluding hydrogens is 2000 g/mol. The molecule has 36 atom stereocenters. The van der Waals surface area contributed by atoms with Crippen LogP contribution in [0.3, 0.4) is 0 Å². The summed E-state index contributed by atoms with van der Waals surface area (Å²) in [6.07, 6.45) is -57.7. The summed E-state index contributed by atoms with van der Waals surface area (Å²) >= 11 is 0. The van der Waals surface area contributed by atoms with E-state index >= 15 is 0 Å². The van der Waals surface area contributed by atoms with Crippen molar-refractivity contribution in [1.29, 1.82) is 0 Å². The molecule has 0 amide bonds. The molecule has 28 N–H and O–H groups in total. The Morgan fingerprint density at radius 3 is 0.832 bits per heavy atom. The van der Waals surface area contributed by atoms with Crippen molar-refractivity contribution >= 4 is 66.2 Å². The van der Waals surface area contributed by atoms with Crippen molar-refractivity contribution in [2.75, 3.05) is 46.2 Å². The van der Waals surface area contributed by atoms with Crippen LogP contribution in [-0.2, 0) is 90.3 Å². The zero-order chi connectivity index (χ0) is 107. The molecule has 0 spiro atoms. The first-order valence-corrected chi connectivity index (χ1v) is 45.8. The van der Waals surface area contributed by atoms with Crippen molar-refractivity contribution in [3.8, 4) is 57.5 Å². The molecule has 6 aromatic rings. The van der Waals surface area contributed by atoms with Crippen molar-refractivity contribution in [2.45, 2.75) is 227 Å². The average molecular weight is 2110 g/mol. The van der Waals surface area contributed by atoms with Gasteiger partial charge in [-0.3, -0.25) is 9.59 Å². The standard InChI is InChI=1S/C96H108O53/c97-31-54-68(109)75(116)82(123)90(143-54)135-44-13-1-38(2-14-44)9-21-62(103)130-33-56-70(111)77(118)84(125)92(145-56)137-46-17-5-40(6-18-46)11-23-64(105)132-35-58-72(113)79(120)86(127)94(147-58)140-51-25-42(89-53(29-48-49(100)27-43(99)28-50(48)139-89)142-96-88(129)81(122)74(115)60(149-96)37-134-66(107)30-61(101)102)26-52(67(51)108)141-95-87(128)80(121)73(114)59(148-95)36-133-65(106)24-12-41-7-19-47(20-8-41)138-93-85(126)78(119)71(112)57(146-93)34-131-63(104)22-10-39-3-15-45(16-4-39)136-91-83(124)76(117)69(110)55(32-98)144-91/h1-29,54-60,68-100,108-129H,30-37H2,(H,101,102)/p+1. The minimum atomic E-state index is -2.32. The highest BCUT2D eigenvalue weighted by Gasteiger charge is 2.54. The number of phenolic OH excluding ortho intramolecular Hbond substituents is 3. The molecule has 0 bridgehead atoms. The third kappa shape index (κ3) is 27.4. The zero-order valence-corrected chi connectivity index (χ0v) is 77.4. The van der Waals surface area contributed by atoms with Gasteiger partial charge in [-0.1, -0.05) is 48.5 Å². The van der Waals surface area contributed by atoms with E-state index in [1.54, 1.807) is 0 Å². The Bertz CT molecular complexity index is 5420. The van der Waals surface area contributed by atoms with Crippen molar-refractivity contribution in [1.82, 2.24) is 0 Å². The number of aromatic hydroxyl groups is 4. The number of esters is 5. The molecule has 149 heavy (non-hydrogen) atoms. The van der Waals surface area contributed by atoms with Crippen molar-refractivity contribution in [2.24, 2.45) is 0 Å². The second kappa shape index (κ2) is 49.9. The fraction of sp³-hybridized carbons (Fsp3) is 0.458. The molecule has 8 aliphatic rings. The molecule has 0 radical (unpaired) electrons. The largest absolute Gasteiger partial charge is 0.571 e. The first kappa shape index (κ1) is 112. The number of hydrogen-bond acceptors (Lipinski definition) is 51. The Hall–Kier alpha value is -12.6. The molecule has 7 fully saturated rings. The summed E-state index contributed by atoms with van der Waals surface area (Å²) in [5, 5.41) is 290. The normalized spacial score (nSPS) is 34.2. The number of carbonyl (C=O) groups is 6. The summed E-state index contributed by atoms with van der Waals surface area (Å²) in [5.41, 5.74) is 0.838. The maximum atomic E-state index is 13.4. The van der Waals surface area contributed by atoms with Gasteiger partial charge in [-0.25, -0.2) is 19.2 Å². The Balaban J connectivity index is 0.617. The Morgan fingerprint density at radius 1 is 0.302 bits per heavy atom. The molecule has 53 nitrogen and oxygen atoms in total. The summed E-state index contributed by atoms with van der Waals surface area (Å²) in [4.78, 5) is 76.1. The summed E-state index contributed by atoms with van der Waals surface area (Å²) in [7, 11) is 0. The van der Waals surface area contributed by atoms with Gasteiger partial charge in [0.05, 0.1) is 24.8 Å². The minimum Gasteiger partial charge on any atom is -0.571 e. The summed E-state index contributed by atoms with van der Waals surface area (Å²) in [6.45, 7) is -5.53. The molecule has 0 aliphatic carbocycles. The van der Waals surface area contributed by atoms with Gasteiger partial charge in [-0.05, 0) is 107 Å². The highest BCUT2D eigenvalue weighted by atomic mass is 16.8. The van der Waals surface area contributed by atoms with Crippen LogP contribution in [0.2, 0.25) is 0 Å². The number of hydrogen-bond donors (Lipinski definition) is 27. The number of aliphatic carboxylic acids is 1. The quantitative estimate of drug-likeness (QED) is 0.00566. The van der Waals surface area contributed by atoms with Crippen LogP contribution in [0.4, 0.5) is 0 Å². The van der Waals surface area contributed by atoms with Crippen LogP contribution in [0.5, 0.6) is 57.5 Å². The van der Waals surface area contributed by atoms with Crippen LogP contribution < -0.4 is 28.4 Å². The fourth-order valence-corrected chi connectivity index (χ4v) is 16.1. The van der Waals surface area contributed by atoms with Crippen LogP contribution >= 0.6 is 0 Å². The molecule has 6 aromatic carbocycles. The van der Waals surface area contributed by atoms with Gasteiger partial charge < -0.3 is 233 Å². The van der Waals surface area contributed by atoms with E-state index < -0.39 is 344 Å². The van der Waals surface area contributed by atoms with E-state index in [0.717, 1.165) is 54.6 Å². The van der Waals surface area contributed by atoms with E-state index in [4.69, 9.17) is 95.1 Å². The number of benzene rings is 6. The van der Waals surface area contributed by atoms with Crippen molar-refractivity contribution < 1.29 is 261 Å². The van der Waals surface area contributed by atoms with E-state index in [2.05, 4.69) is 4.74 Å². The van der Waals surface area contributed by atoms with Crippen LogP contribution in [-0.4, -0.2) is 440 Å². The Labute approximate surface area is 840 Å². The number of carboxylic acids is 1. The smallest absolute Gasteiger partial charge is 0.330 e. The lowest BCUT2D eigenvalue weighted by Gasteiger charge is -2.41. The third-order valence-corrected chi connectivity index (χ3v) is 24.5. The lowest BCUT2D eigenvalue weighted by molar-refractivity contribution is -0.296. The SMILES string of the molecule is O=C(O)CC(=O)OCC1OC(OC2=Cc3c(O)cc(O)cc3[OH+]C2c2cc(OC3OC(COC(=O)C=Cc4ccc(OC5OC(COC(=O)C=Cc6ccc(OC7OC(CO)C(O)C(O)C7O)cc6)C(O)C(O)C5O)cc4)C(O)C(O)C3O)c(O)c(OC3OC(COC(=O)C=Cc4ccc(OC5OC(COC(=O)C=Cc6ccc(OC7OC(CO)C(O)C(O)C7O)cc6)C(O)C(O)C5O)cc4)C(O)C(O)C3O)c2)C(O)C(O)C1O. The monoisotopic (exact) mass is 2110 g/mol. The molecule has 0 aromatic heterocycles. The molecule has 8 heterocycles. The highest BCUT2D eigenvalue weighted by Crippen LogP contribution is 2.50. The summed E-state index contributed by atoms with van der Waals surface area (Å²) in [5.74, 6) is -11.8. The van der Waals surface area contributed by atoms with Crippen LogP contribution in [0.15, 0.2) is 151 Å². The van der Waals surface area contributed by atoms with Crippen LogP contribution in [0, 0.1) is 0 Å². The zero-order valence-electron chi connectivity index (χ0n) is 77.4. The predicted octanol–water partition coefficient (Wildman–Crippen LogP) is -7.89. The topological polar surface area (TPSA) is 837 Å². The molecule has 53 heteroatoms. The number of rotatable bonds is 37. The maximum absolute atomic E-state index is 13.4. The molecule has 0 saturated carbocycles. The van der Waals surface area contributed by atoms with E-state index in [1.807, 2.05) is 0 Å². The van der Waals surface area contributed by atoms with Gasteiger partial charge >= 0.3 is 35.8 Å². The molecule has 8 aliphatic heterocycles. The molecule has 810 valence electrons. The first-order chi connectivity index (χ1) is 71.0. The van der Waals surface area contributed by atoms with E-state index in [9.17, 15) is 162 Å². The third-order valence-electron chi connectivity index (χ3n) is 24.5. The minimum absolute atomic E-state index is 0.00636. The predicted molar refractivity (Wildman–Crippen MR) is 485 cm³/mol. The van der Waals surface area contributed by atoms with E-state index in [-0.39, 0.29) is 51.0 Å². The van der Waals surface area contributed by atoms with Gasteiger partial charge in [0.1, 0.15) is 250 Å². The van der Waals surface area contributed by atoms with Gasteiger partial charge in [0, 0.05) is 36.4 Å². The summed E-state index contributed by atoms with van der Waals surface area (Å²) < 4.78 is 111. The number of carboxylic acid groups (broad SMARTS) is 1. The Kier molecular flexibility index (Phi) is 37.5. The molecule has 14 rings (SSSR count). The number of fused-ring (bicyclic) bond motifs is 1. The highest BCUT2D eigenvalue weighted by molar-refractivity contribution is 5.90. The average Bonchev–Trinajstić information content (AvgIpc) is 0.761. The van der Waals surface area contributed by atoms with Gasteiger partial charge in [0.25, 0.3) is 11.9 Å². The van der Waals surface area contributed by atoms with Crippen molar-refractivity contribution in [3.05, 3.63) is 185 Å². The number of phenols is 3. The molecule has 7 saturated heterocycles. The maximum Gasteiger partial charge on any atom is 0.330 e. The second-order valence-electron chi connectivity index (χ2n) is 35.0. The molecule has 36 unspecified atom stereocenters. The number of carbonyl (C=O) groups excluding carboxylic acids is 5. The fourth-order valence-electron chi connectivity index (χ4n) is 16.1. The van der Waals surface area contributed by atoms with Crippen molar-refractivity contribution in [3.63, 3.8) is 0 Å². The van der Waals surface area contributed by atoms with Gasteiger partial charge in [0.2, 0.25) is 49.8 Å². The van der Waals surface area contributed by atoms with Gasteiger partial charge in [-0.15, -0.1) is 0 Å².